The van der Waals surface area contributed by atoms with Crippen LogP contribution in [0.15, 0.2) is 11.6 Å². The average molecular weight is 264 g/mol. The molecule has 2 aliphatic rings. The van der Waals surface area contributed by atoms with Gasteiger partial charge in [-0.15, -0.1) is 0 Å². The van der Waals surface area contributed by atoms with Gasteiger partial charge in [0, 0.05) is 12.8 Å². The van der Waals surface area contributed by atoms with Crippen LogP contribution >= 0.6 is 0 Å². The molecule has 0 aliphatic heterocycles. The van der Waals surface area contributed by atoms with Crippen LogP contribution in [0.5, 0.6) is 0 Å². The van der Waals surface area contributed by atoms with E-state index in [0.29, 0.717) is 17.8 Å². The molecule has 0 aromatic heterocycles. The Morgan fingerprint density at radius 3 is 2.68 bits per heavy atom. The summed E-state index contributed by atoms with van der Waals surface area (Å²) >= 11 is 0. The van der Waals surface area contributed by atoms with Gasteiger partial charge in [-0.2, -0.15) is 0 Å². The van der Waals surface area contributed by atoms with Gasteiger partial charge in [0.15, 0.2) is 0 Å². The third kappa shape index (κ3) is 2.88. The predicted octanol–water partition coefficient (Wildman–Crippen LogP) is 4.35. The minimum Gasteiger partial charge on any atom is -0.459 e. The predicted molar refractivity (Wildman–Crippen MR) is 77.7 cm³/mol. The van der Waals surface area contributed by atoms with Crippen molar-refractivity contribution in [1.29, 1.82) is 0 Å². The van der Waals surface area contributed by atoms with Crippen LogP contribution < -0.4 is 0 Å². The van der Waals surface area contributed by atoms with Crippen molar-refractivity contribution in [1.82, 2.24) is 0 Å². The minimum absolute atomic E-state index is 0.129. The number of esters is 1. The first-order valence-corrected chi connectivity index (χ1v) is 7.70. The first kappa shape index (κ1) is 14.6. The number of rotatable bonds is 2. The summed E-state index contributed by atoms with van der Waals surface area (Å²) in [7, 11) is 0. The summed E-state index contributed by atoms with van der Waals surface area (Å²) < 4.78 is 5.74. The van der Waals surface area contributed by atoms with Gasteiger partial charge in [-0.05, 0) is 57.3 Å². The molecular formula is C17H28O2. The highest BCUT2D eigenvalue weighted by atomic mass is 16.6. The van der Waals surface area contributed by atoms with Crippen molar-refractivity contribution in [3.63, 3.8) is 0 Å². The highest BCUT2D eigenvalue weighted by molar-refractivity contribution is 5.66. The first-order chi connectivity index (χ1) is 8.83. The number of ether oxygens (including phenoxy) is 1. The molecule has 2 aliphatic carbocycles. The molecule has 4 unspecified atom stereocenters. The summed E-state index contributed by atoms with van der Waals surface area (Å²) in [6.07, 6.45) is 6.98. The Kier molecular flexibility index (Phi) is 4.08. The van der Waals surface area contributed by atoms with Crippen molar-refractivity contribution in [2.45, 2.75) is 65.9 Å². The van der Waals surface area contributed by atoms with Crippen LogP contribution in [0.4, 0.5) is 0 Å². The van der Waals surface area contributed by atoms with Crippen LogP contribution in [0, 0.1) is 23.7 Å². The Labute approximate surface area is 117 Å². The Balaban J connectivity index is 2.28. The third-order valence-corrected chi connectivity index (χ3v) is 5.28. The molecule has 0 bridgehead atoms. The van der Waals surface area contributed by atoms with E-state index >= 15 is 0 Å². The van der Waals surface area contributed by atoms with E-state index in [4.69, 9.17) is 4.74 Å². The van der Waals surface area contributed by atoms with Gasteiger partial charge < -0.3 is 4.74 Å². The monoisotopic (exact) mass is 264 g/mol. The quantitative estimate of drug-likeness (QED) is 0.547. The van der Waals surface area contributed by atoms with E-state index in [1.54, 1.807) is 6.92 Å². The van der Waals surface area contributed by atoms with Crippen molar-refractivity contribution in [2.75, 3.05) is 0 Å². The number of hydrogen-bond donors (Lipinski definition) is 0. The number of fused-ring (bicyclic) bond motifs is 1. The van der Waals surface area contributed by atoms with Crippen LogP contribution in [0.1, 0.15) is 60.3 Å². The molecule has 0 aromatic carbocycles. The molecule has 0 radical (unpaired) electrons. The van der Waals surface area contributed by atoms with Gasteiger partial charge in [-0.3, -0.25) is 4.79 Å². The fourth-order valence-electron chi connectivity index (χ4n) is 4.30. The zero-order valence-electron chi connectivity index (χ0n) is 13.0. The van der Waals surface area contributed by atoms with Gasteiger partial charge >= 0.3 is 5.97 Å². The molecule has 1 saturated carbocycles. The van der Waals surface area contributed by atoms with Crippen molar-refractivity contribution in [3.05, 3.63) is 11.6 Å². The Morgan fingerprint density at radius 2 is 2.11 bits per heavy atom. The maximum atomic E-state index is 11.4. The molecule has 0 saturated heterocycles. The Bertz CT molecular complexity index is 383. The lowest BCUT2D eigenvalue weighted by Gasteiger charge is -2.51. The van der Waals surface area contributed by atoms with Gasteiger partial charge in [0.25, 0.3) is 0 Å². The maximum absolute atomic E-state index is 11.4. The van der Waals surface area contributed by atoms with E-state index in [-0.39, 0.29) is 11.6 Å². The minimum atomic E-state index is -0.251. The molecule has 0 aromatic rings. The summed E-state index contributed by atoms with van der Waals surface area (Å²) in [6, 6.07) is 0. The van der Waals surface area contributed by atoms with Crippen molar-refractivity contribution in [3.8, 4) is 0 Å². The third-order valence-electron chi connectivity index (χ3n) is 5.28. The Morgan fingerprint density at radius 1 is 1.42 bits per heavy atom. The molecule has 1 fully saturated rings. The van der Waals surface area contributed by atoms with Gasteiger partial charge in [0.05, 0.1) is 0 Å². The smallest absolute Gasteiger partial charge is 0.303 e. The van der Waals surface area contributed by atoms with E-state index < -0.39 is 0 Å². The van der Waals surface area contributed by atoms with E-state index in [2.05, 4.69) is 33.8 Å². The van der Waals surface area contributed by atoms with Crippen molar-refractivity contribution >= 4 is 5.97 Å². The van der Waals surface area contributed by atoms with Crippen LogP contribution in [0.2, 0.25) is 0 Å². The van der Waals surface area contributed by atoms with Crippen LogP contribution in [-0.2, 0) is 9.53 Å². The SMILES string of the molecule is CC(=O)OC1(C)CCC(C(C)C)C2C=C(C)CCC21. The molecule has 0 heterocycles. The summed E-state index contributed by atoms with van der Waals surface area (Å²) in [5.74, 6) is 2.41. The number of allylic oxidation sites excluding steroid dienone is 2. The molecule has 4 atom stereocenters. The number of carbonyl (C=O) groups excluding carboxylic acids is 1. The molecule has 0 N–H and O–H groups in total. The van der Waals surface area contributed by atoms with Crippen LogP contribution in [-0.4, -0.2) is 11.6 Å². The van der Waals surface area contributed by atoms with E-state index in [0.717, 1.165) is 18.8 Å². The molecule has 0 amide bonds. The summed E-state index contributed by atoms with van der Waals surface area (Å²) in [6.45, 7) is 10.6. The average Bonchev–Trinajstić information content (AvgIpc) is 2.27. The summed E-state index contributed by atoms with van der Waals surface area (Å²) in [4.78, 5) is 11.4. The highest BCUT2D eigenvalue weighted by Gasteiger charge is 2.49. The molecule has 2 heteroatoms. The second kappa shape index (κ2) is 5.30. The van der Waals surface area contributed by atoms with Crippen LogP contribution in [0.25, 0.3) is 0 Å². The van der Waals surface area contributed by atoms with E-state index in [9.17, 15) is 4.79 Å². The van der Waals surface area contributed by atoms with E-state index in [1.165, 1.54) is 18.4 Å². The highest BCUT2D eigenvalue weighted by Crippen LogP contribution is 2.51. The van der Waals surface area contributed by atoms with Gasteiger partial charge in [-0.25, -0.2) is 0 Å². The summed E-state index contributed by atoms with van der Waals surface area (Å²) in [5, 5.41) is 0. The molecule has 2 rings (SSSR count). The molecule has 108 valence electrons. The second-order valence-electron chi connectivity index (χ2n) is 7.09. The lowest BCUT2D eigenvalue weighted by Crippen LogP contribution is -2.50. The van der Waals surface area contributed by atoms with Crippen molar-refractivity contribution < 1.29 is 9.53 Å². The second-order valence-corrected chi connectivity index (χ2v) is 7.09. The normalized spacial score (nSPS) is 38.6. The summed E-state index contributed by atoms with van der Waals surface area (Å²) in [5.41, 5.74) is 1.26. The first-order valence-electron chi connectivity index (χ1n) is 7.70. The van der Waals surface area contributed by atoms with Crippen molar-refractivity contribution in [2.24, 2.45) is 23.7 Å². The number of carbonyl (C=O) groups is 1. The largest absolute Gasteiger partial charge is 0.459 e. The lowest BCUT2D eigenvalue weighted by atomic mass is 9.58. The number of hydrogen-bond acceptors (Lipinski definition) is 2. The molecular weight excluding hydrogens is 236 g/mol. The maximum Gasteiger partial charge on any atom is 0.303 e. The van der Waals surface area contributed by atoms with Gasteiger partial charge in [0.1, 0.15) is 5.60 Å². The lowest BCUT2D eigenvalue weighted by molar-refractivity contribution is -0.172. The van der Waals surface area contributed by atoms with Gasteiger partial charge in [0.2, 0.25) is 0 Å². The van der Waals surface area contributed by atoms with E-state index in [1.807, 2.05) is 0 Å². The topological polar surface area (TPSA) is 26.3 Å². The molecule has 2 nitrogen and oxygen atoms in total. The van der Waals surface area contributed by atoms with Gasteiger partial charge in [-0.1, -0.05) is 25.5 Å². The molecule has 0 spiro atoms. The zero-order chi connectivity index (χ0) is 14.2. The fraction of sp³-hybridized carbons (Fsp3) is 0.824. The molecule has 19 heavy (non-hydrogen) atoms. The standard InChI is InChI=1S/C17H28O2/c1-11(2)14-8-9-17(5,19-13(4)18)16-7-6-12(3)10-15(14)16/h10-11,14-16H,6-9H2,1-5H3. The zero-order valence-corrected chi connectivity index (χ0v) is 13.0. The fourth-order valence-corrected chi connectivity index (χ4v) is 4.30. The Hall–Kier alpha value is -0.790. The van der Waals surface area contributed by atoms with Crippen LogP contribution in [0.3, 0.4) is 0 Å².